The van der Waals surface area contributed by atoms with E-state index in [4.69, 9.17) is 9.26 Å². The highest BCUT2D eigenvalue weighted by Crippen LogP contribution is 2.34. The highest BCUT2D eigenvalue weighted by Gasteiger charge is 2.41. The number of nitrogens with zero attached hydrogens (tertiary/aromatic N) is 3. The van der Waals surface area contributed by atoms with Crippen LogP contribution < -0.4 is 10.1 Å². The summed E-state index contributed by atoms with van der Waals surface area (Å²) in [5.74, 6) is 0.369. The van der Waals surface area contributed by atoms with Gasteiger partial charge in [-0.05, 0) is 43.5 Å². The summed E-state index contributed by atoms with van der Waals surface area (Å²) < 4.78 is 25.5. The maximum absolute atomic E-state index is 14.7. The monoisotopic (exact) mass is 410 g/mol. The standard InChI is InChI=1S/C22H23FN4O3/c1-12-16(11-29-27-12)13-5-6-15(19(28)9-13)17-7-8-21(26-25-17)30-20-10-14-3-2-4-18(24-14)22(20)23/h5-9,11,14,18,20,22,24,28H,2-4,10H2,1H3/t14-,18+,20-,22+/m1/s1. The summed E-state index contributed by atoms with van der Waals surface area (Å²) in [7, 11) is 0. The molecule has 5 rings (SSSR count). The maximum Gasteiger partial charge on any atom is 0.233 e. The number of aromatic nitrogens is 3. The summed E-state index contributed by atoms with van der Waals surface area (Å²) in [4.78, 5) is 0. The SMILES string of the molecule is Cc1nocc1-c1ccc(-c2ccc(O[C@@H]3C[C@H]4CCC[C@H](N4)[C@@H]3F)nn2)c(O)c1. The number of hydrogen-bond acceptors (Lipinski definition) is 7. The van der Waals surface area contributed by atoms with Crippen LogP contribution in [0, 0.1) is 6.92 Å². The zero-order chi connectivity index (χ0) is 20.7. The first-order valence-electron chi connectivity index (χ1n) is 10.2. The fourth-order valence-electron chi connectivity index (χ4n) is 4.44. The molecule has 2 aliphatic rings. The predicted octanol–water partition coefficient (Wildman–Crippen LogP) is 3.81. The quantitative estimate of drug-likeness (QED) is 0.675. The molecule has 156 valence electrons. The molecule has 0 amide bonds. The topological polar surface area (TPSA) is 93.3 Å². The second kappa shape index (κ2) is 7.68. The molecule has 2 aromatic heterocycles. The Labute approximate surface area is 173 Å². The molecule has 3 aromatic rings. The zero-order valence-corrected chi connectivity index (χ0v) is 16.6. The van der Waals surface area contributed by atoms with Crippen LogP contribution in [0.1, 0.15) is 31.4 Å². The molecule has 2 saturated heterocycles. The average molecular weight is 410 g/mol. The fourth-order valence-corrected chi connectivity index (χ4v) is 4.44. The van der Waals surface area contributed by atoms with E-state index in [0.717, 1.165) is 36.1 Å². The number of aromatic hydroxyl groups is 1. The van der Waals surface area contributed by atoms with Crippen LogP contribution in [0.25, 0.3) is 22.4 Å². The van der Waals surface area contributed by atoms with Crippen molar-refractivity contribution in [2.75, 3.05) is 0 Å². The summed E-state index contributed by atoms with van der Waals surface area (Å²) in [5.41, 5.74) is 3.42. The molecule has 8 heteroatoms. The second-order valence-corrected chi connectivity index (χ2v) is 8.04. The van der Waals surface area contributed by atoms with Crippen LogP contribution in [-0.2, 0) is 0 Å². The Morgan fingerprint density at radius 2 is 2.07 bits per heavy atom. The van der Waals surface area contributed by atoms with Crippen molar-refractivity contribution >= 4 is 0 Å². The van der Waals surface area contributed by atoms with Crippen LogP contribution in [-0.4, -0.2) is 44.8 Å². The number of ether oxygens (including phenoxy) is 1. The third-order valence-electron chi connectivity index (χ3n) is 6.02. The average Bonchev–Trinajstić information content (AvgIpc) is 3.19. The van der Waals surface area contributed by atoms with Crippen LogP contribution >= 0.6 is 0 Å². The molecule has 0 aliphatic carbocycles. The van der Waals surface area contributed by atoms with Gasteiger partial charge >= 0.3 is 0 Å². The number of alkyl halides is 1. The molecule has 0 spiro atoms. The van der Waals surface area contributed by atoms with Gasteiger partial charge in [0.1, 0.15) is 18.1 Å². The first-order valence-corrected chi connectivity index (χ1v) is 10.2. The van der Waals surface area contributed by atoms with Gasteiger partial charge in [-0.1, -0.05) is 17.6 Å². The van der Waals surface area contributed by atoms with Crippen LogP contribution in [0.4, 0.5) is 4.39 Å². The van der Waals surface area contributed by atoms with Crippen molar-refractivity contribution in [1.29, 1.82) is 0 Å². The minimum absolute atomic E-state index is 0.0751. The predicted molar refractivity (Wildman–Crippen MR) is 108 cm³/mol. The number of aryl methyl sites for hydroxylation is 1. The second-order valence-electron chi connectivity index (χ2n) is 8.04. The first-order chi connectivity index (χ1) is 14.6. The zero-order valence-electron chi connectivity index (χ0n) is 16.6. The number of nitrogens with one attached hydrogen (secondary N) is 1. The molecule has 2 aliphatic heterocycles. The van der Waals surface area contributed by atoms with E-state index >= 15 is 0 Å². The van der Waals surface area contributed by atoms with Crippen molar-refractivity contribution in [2.45, 2.75) is 57.0 Å². The van der Waals surface area contributed by atoms with E-state index < -0.39 is 12.3 Å². The Morgan fingerprint density at radius 3 is 2.80 bits per heavy atom. The van der Waals surface area contributed by atoms with Crippen LogP contribution in [0.5, 0.6) is 11.6 Å². The summed E-state index contributed by atoms with van der Waals surface area (Å²) in [5, 5.41) is 26.0. The van der Waals surface area contributed by atoms with Crippen molar-refractivity contribution < 1.29 is 18.8 Å². The van der Waals surface area contributed by atoms with Gasteiger partial charge < -0.3 is 19.7 Å². The Balaban J connectivity index is 1.32. The normalized spacial score (nSPS) is 25.8. The number of benzene rings is 1. The van der Waals surface area contributed by atoms with Gasteiger partial charge in [0.25, 0.3) is 0 Å². The number of hydrogen-bond donors (Lipinski definition) is 2. The molecule has 0 unspecified atom stereocenters. The lowest BCUT2D eigenvalue weighted by atomic mass is 9.84. The lowest BCUT2D eigenvalue weighted by Crippen LogP contribution is -2.59. The van der Waals surface area contributed by atoms with Gasteiger partial charge in [0.05, 0.1) is 11.4 Å². The summed E-state index contributed by atoms with van der Waals surface area (Å²) in [6, 6.07) is 8.83. The number of halogens is 1. The van der Waals surface area contributed by atoms with E-state index in [1.54, 1.807) is 30.5 Å². The minimum atomic E-state index is -1.06. The molecule has 2 fully saturated rings. The van der Waals surface area contributed by atoms with Gasteiger partial charge in [0, 0.05) is 35.7 Å². The van der Waals surface area contributed by atoms with E-state index in [2.05, 4.69) is 20.7 Å². The molecular weight excluding hydrogens is 387 g/mol. The number of fused-ring (bicyclic) bond motifs is 2. The molecule has 4 atom stereocenters. The molecule has 7 nitrogen and oxygen atoms in total. The third-order valence-corrected chi connectivity index (χ3v) is 6.02. The smallest absolute Gasteiger partial charge is 0.233 e. The van der Waals surface area contributed by atoms with E-state index in [9.17, 15) is 9.50 Å². The van der Waals surface area contributed by atoms with E-state index in [0.29, 0.717) is 29.6 Å². The van der Waals surface area contributed by atoms with Crippen molar-refractivity contribution in [3.8, 4) is 34.0 Å². The first kappa shape index (κ1) is 19.0. The van der Waals surface area contributed by atoms with Gasteiger partial charge in [-0.15, -0.1) is 10.2 Å². The van der Waals surface area contributed by atoms with E-state index in [1.807, 2.05) is 13.0 Å². The van der Waals surface area contributed by atoms with Gasteiger partial charge in [-0.3, -0.25) is 0 Å². The number of piperidine rings is 2. The van der Waals surface area contributed by atoms with E-state index in [1.165, 1.54) is 0 Å². The maximum atomic E-state index is 14.7. The number of phenols is 1. The number of rotatable bonds is 4. The van der Waals surface area contributed by atoms with Gasteiger partial charge in [0.2, 0.25) is 5.88 Å². The van der Waals surface area contributed by atoms with E-state index in [-0.39, 0.29) is 11.8 Å². The van der Waals surface area contributed by atoms with Crippen molar-refractivity contribution in [3.05, 3.63) is 42.3 Å². The van der Waals surface area contributed by atoms with Crippen molar-refractivity contribution in [1.82, 2.24) is 20.7 Å². The molecular formula is C22H23FN4O3. The van der Waals surface area contributed by atoms with Crippen LogP contribution in [0.3, 0.4) is 0 Å². The van der Waals surface area contributed by atoms with Crippen molar-refractivity contribution in [3.63, 3.8) is 0 Å². The summed E-state index contributed by atoms with van der Waals surface area (Å²) >= 11 is 0. The van der Waals surface area contributed by atoms with Crippen molar-refractivity contribution in [2.24, 2.45) is 0 Å². The molecule has 0 saturated carbocycles. The fraction of sp³-hybridized carbons (Fsp3) is 0.409. The Bertz CT molecular complexity index is 1040. The molecule has 30 heavy (non-hydrogen) atoms. The Kier molecular flexibility index (Phi) is 4.86. The lowest BCUT2D eigenvalue weighted by Gasteiger charge is -2.42. The van der Waals surface area contributed by atoms with Gasteiger partial charge in [-0.25, -0.2) is 4.39 Å². The highest BCUT2D eigenvalue weighted by atomic mass is 19.1. The number of phenolic OH excluding ortho intramolecular Hbond substituents is 1. The van der Waals surface area contributed by atoms with Crippen LogP contribution in [0.15, 0.2) is 41.1 Å². The molecule has 4 heterocycles. The highest BCUT2D eigenvalue weighted by molar-refractivity contribution is 5.74. The third kappa shape index (κ3) is 3.52. The molecule has 2 bridgehead atoms. The Hall–Kier alpha value is -3.00. The largest absolute Gasteiger partial charge is 0.507 e. The van der Waals surface area contributed by atoms with Gasteiger partial charge in [0.15, 0.2) is 6.17 Å². The molecule has 1 aromatic carbocycles. The minimum Gasteiger partial charge on any atom is -0.507 e. The molecule has 2 N–H and O–H groups in total. The summed E-state index contributed by atoms with van der Waals surface area (Å²) in [6.45, 7) is 1.84. The van der Waals surface area contributed by atoms with Gasteiger partial charge in [-0.2, -0.15) is 0 Å². The Morgan fingerprint density at radius 1 is 1.17 bits per heavy atom. The molecule has 0 radical (unpaired) electrons. The summed E-state index contributed by atoms with van der Waals surface area (Å²) in [6.07, 6.45) is 3.56. The lowest BCUT2D eigenvalue weighted by molar-refractivity contribution is 0.00652. The van der Waals surface area contributed by atoms with Crippen LogP contribution in [0.2, 0.25) is 0 Å².